The molecular weight excluding hydrogens is 446 g/mol. The average Bonchev–Trinajstić information content (AvgIpc) is 3.06. The first-order valence-corrected chi connectivity index (χ1v) is 12.5. The van der Waals surface area contributed by atoms with Gasteiger partial charge in [-0.15, -0.1) is 11.3 Å². The second kappa shape index (κ2) is 9.05. The molecule has 2 heterocycles. The number of piperidine rings is 1. The standard InChI is InChI=1S/C20H24ClN3O4S2/c1-13-12-17(22-19(25)15-6-4-5-7-16(15)21)29-18(13)20(26)24-10-8-14(9-11-24)23(2)30(3,27)28/h4-7,12,14H,8-11H2,1-3H3,(H,22,25). The first kappa shape index (κ1) is 22.7. The van der Waals surface area contributed by atoms with E-state index in [0.717, 1.165) is 5.56 Å². The van der Waals surface area contributed by atoms with Crippen LogP contribution >= 0.6 is 22.9 Å². The SMILES string of the molecule is Cc1cc(NC(=O)c2ccccc2Cl)sc1C(=O)N1CCC(N(C)S(C)(=O)=O)CC1. The molecule has 0 aliphatic carbocycles. The van der Waals surface area contributed by atoms with Crippen molar-refractivity contribution in [2.75, 3.05) is 31.7 Å². The first-order chi connectivity index (χ1) is 14.1. The van der Waals surface area contributed by atoms with Crippen LogP contribution in [0.2, 0.25) is 5.02 Å². The van der Waals surface area contributed by atoms with Gasteiger partial charge in [-0.1, -0.05) is 23.7 Å². The number of anilines is 1. The molecule has 162 valence electrons. The van der Waals surface area contributed by atoms with Crippen molar-refractivity contribution in [1.82, 2.24) is 9.21 Å². The number of carbonyl (C=O) groups excluding carboxylic acids is 2. The lowest BCUT2D eigenvalue weighted by atomic mass is 10.0. The number of nitrogens with one attached hydrogen (secondary N) is 1. The molecule has 1 aliphatic rings. The van der Waals surface area contributed by atoms with E-state index in [1.165, 1.54) is 21.9 Å². The third kappa shape index (κ3) is 5.03. The van der Waals surface area contributed by atoms with Gasteiger partial charge in [0, 0.05) is 26.2 Å². The zero-order valence-corrected chi connectivity index (χ0v) is 19.4. The number of likely N-dealkylation sites (tertiary alicyclic amines) is 1. The molecule has 1 fully saturated rings. The van der Waals surface area contributed by atoms with Crippen molar-refractivity contribution in [3.8, 4) is 0 Å². The number of carbonyl (C=O) groups is 2. The maximum Gasteiger partial charge on any atom is 0.264 e. The van der Waals surface area contributed by atoms with Gasteiger partial charge in [-0.05, 0) is 43.5 Å². The van der Waals surface area contributed by atoms with Crippen LogP contribution in [0.5, 0.6) is 0 Å². The average molecular weight is 470 g/mol. The Hall–Kier alpha value is -1.94. The van der Waals surface area contributed by atoms with E-state index in [1.54, 1.807) is 42.3 Å². The number of nitrogens with zero attached hydrogens (tertiary/aromatic N) is 2. The van der Waals surface area contributed by atoms with E-state index < -0.39 is 10.0 Å². The minimum atomic E-state index is -3.25. The lowest BCUT2D eigenvalue weighted by molar-refractivity contribution is 0.0690. The van der Waals surface area contributed by atoms with Crippen molar-refractivity contribution in [2.45, 2.75) is 25.8 Å². The molecule has 10 heteroatoms. The van der Waals surface area contributed by atoms with Gasteiger partial charge in [0.2, 0.25) is 10.0 Å². The highest BCUT2D eigenvalue weighted by molar-refractivity contribution is 7.88. The van der Waals surface area contributed by atoms with Crippen molar-refractivity contribution in [1.29, 1.82) is 0 Å². The quantitative estimate of drug-likeness (QED) is 0.726. The maximum absolute atomic E-state index is 13.0. The predicted molar refractivity (Wildman–Crippen MR) is 120 cm³/mol. The molecule has 3 rings (SSSR count). The lowest BCUT2D eigenvalue weighted by Gasteiger charge is -2.35. The summed E-state index contributed by atoms with van der Waals surface area (Å²) in [6.45, 7) is 2.81. The summed E-state index contributed by atoms with van der Waals surface area (Å²) < 4.78 is 24.8. The number of sulfonamides is 1. The maximum atomic E-state index is 13.0. The highest BCUT2D eigenvalue weighted by Gasteiger charge is 2.30. The molecule has 30 heavy (non-hydrogen) atoms. The number of rotatable bonds is 5. The van der Waals surface area contributed by atoms with Gasteiger partial charge in [-0.3, -0.25) is 9.59 Å². The Kier molecular flexibility index (Phi) is 6.86. The normalized spacial score (nSPS) is 15.4. The fourth-order valence-electron chi connectivity index (χ4n) is 3.43. The Morgan fingerprint density at radius 2 is 1.87 bits per heavy atom. The Balaban J connectivity index is 1.66. The monoisotopic (exact) mass is 469 g/mol. The summed E-state index contributed by atoms with van der Waals surface area (Å²) in [6.07, 6.45) is 2.38. The molecule has 0 spiro atoms. The lowest BCUT2D eigenvalue weighted by Crippen LogP contribution is -2.46. The number of halogens is 1. The summed E-state index contributed by atoms with van der Waals surface area (Å²) >= 11 is 7.31. The number of thiophene rings is 1. The summed E-state index contributed by atoms with van der Waals surface area (Å²) in [5.74, 6) is -0.429. The van der Waals surface area contributed by atoms with Crippen LogP contribution in [0.25, 0.3) is 0 Å². The Bertz CT molecular complexity index is 1060. The van der Waals surface area contributed by atoms with E-state index in [1.807, 2.05) is 6.92 Å². The van der Waals surface area contributed by atoms with Crippen molar-refractivity contribution in [3.63, 3.8) is 0 Å². The molecule has 1 N–H and O–H groups in total. The molecule has 1 aromatic carbocycles. The van der Waals surface area contributed by atoms with Gasteiger partial charge in [0.05, 0.1) is 26.7 Å². The van der Waals surface area contributed by atoms with E-state index in [4.69, 9.17) is 11.6 Å². The molecule has 1 aromatic heterocycles. The largest absolute Gasteiger partial charge is 0.338 e. The van der Waals surface area contributed by atoms with Crippen LogP contribution in [-0.2, 0) is 10.0 Å². The first-order valence-electron chi connectivity index (χ1n) is 9.46. The summed E-state index contributed by atoms with van der Waals surface area (Å²) in [5.41, 5.74) is 1.16. The highest BCUT2D eigenvalue weighted by Crippen LogP contribution is 2.30. The van der Waals surface area contributed by atoms with E-state index >= 15 is 0 Å². The Labute approximate surface area is 185 Å². The van der Waals surface area contributed by atoms with Crippen LogP contribution < -0.4 is 5.32 Å². The minimum Gasteiger partial charge on any atom is -0.338 e. The van der Waals surface area contributed by atoms with Gasteiger partial charge in [0.25, 0.3) is 11.8 Å². The number of hydrogen-bond acceptors (Lipinski definition) is 5. The molecular formula is C20H24ClN3O4S2. The molecule has 0 radical (unpaired) electrons. The third-order valence-electron chi connectivity index (χ3n) is 5.26. The molecule has 2 amide bonds. The molecule has 2 aromatic rings. The number of aryl methyl sites for hydroxylation is 1. The van der Waals surface area contributed by atoms with E-state index in [-0.39, 0.29) is 17.9 Å². The summed E-state index contributed by atoms with van der Waals surface area (Å²) in [4.78, 5) is 27.8. The van der Waals surface area contributed by atoms with Gasteiger partial charge in [-0.2, -0.15) is 0 Å². The van der Waals surface area contributed by atoms with E-state index in [2.05, 4.69) is 5.32 Å². The molecule has 1 saturated heterocycles. The van der Waals surface area contributed by atoms with Crippen LogP contribution in [0.1, 0.15) is 38.4 Å². The van der Waals surface area contributed by atoms with Crippen molar-refractivity contribution >= 4 is 49.8 Å². The van der Waals surface area contributed by atoms with Crippen LogP contribution in [-0.4, -0.2) is 61.9 Å². The molecule has 0 unspecified atom stereocenters. The van der Waals surface area contributed by atoms with Crippen LogP contribution in [0.4, 0.5) is 5.00 Å². The van der Waals surface area contributed by atoms with E-state index in [9.17, 15) is 18.0 Å². The van der Waals surface area contributed by atoms with Gasteiger partial charge in [-0.25, -0.2) is 12.7 Å². The second-order valence-electron chi connectivity index (χ2n) is 7.36. The highest BCUT2D eigenvalue weighted by atomic mass is 35.5. The van der Waals surface area contributed by atoms with Gasteiger partial charge in [0.1, 0.15) is 0 Å². The van der Waals surface area contributed by atoms with Crippen LogP contribution in [0.15, 0.2) is 30.3 Å². The van der Waals surface area contributed by atoms with Gasteiger partial charge in [0.15, 0.2) is 0 Å². The van der Waals surface area contributed by atoms with Gasteiger partial charge >= 0.3 is 0 Å². The summed E-state index contributed by atoms with van der Waals surface area (Å²) in [5, 5.41) is 3.75. The third-order valence-corrected chi connectivity index (χ3v) is 8.07. The van der Waals surface area contributed by atoms with Crippen LogP contribution in [0.3, 0.4) is 0 Å². The molecule has 7 nitrogen and oxygen atoms in total. The number of hydrogen-bond donors (Lipinski definition) is 1. The summed E-state index contributed by atoms with van der Waals surface area (Å²) in [6, 6.07) is 8.45. The van der Waals surface area contributed by atoms with Crippen molar-refractivity contribution in [3.05, 3.63) is 51.4 Å². The van der Waals surface area contributed by atoms with E-state index in [0.29, 0.717) is 46.4 Å². The molecule has 0 atom stereocenters. The topological polar surface area (TPSA) is 86.8 Å². The van der Waals surface area contributed by atoms with Gasteiger partial charge < -0.3 is 10.2 Å². The minimum absolute atomic E-state index is 0.0982. The van der Waals surface area contributed by atoms with Crippen molar-refractivity contribution < 1.29 is 18.0 Å². The zero-order valence-electron chi connectivity index (χ0n) is 17.0. The number of amides is 2. The van der Waals surface area contributed by atoms with Crippen LogP contribution in [0, 0.1) is 6.92 Å². The number of benzene rings is 1. The smallest absolute Gasteiger partial charge is 0.264 e. The fourth-order valence-corrected chi connectivity index (χ4v) is 5.44. The summed E-state index contributed by atoms with van der Waals surface area (Å²) in [7, 11) is -1.67. The van der Waals surface area contributed by atoms with Crippen molar-refractivity contribution in [2.24, 2.45) is 0 Å². The zero-order chi connectivity index (χ0) is 22.1. The molecule has 0 bridgehead atoms. The molecule has 0 saturated carbocycles. The molecule has 1 aliphatic heterocycles. The second-order valence-corrected chi connectivity index (χ2v) is 10.9. The fraction of sp³-hybridized carbons (Fsp3) is 0.400. The Morgan fingerprint density at radius 3 is 2.47 bits per heavy atom. The Morgan fingerprint density at radius 1 is 1.23 bits per heavy atom. The predicted octanol–water partition coefficient (Wildman–Crippen LogP) is 3.46.